The molecular formula is C15H20N6O. The van der Waals surface area contributed by atoms with Crippen molar-refractivity contribution in [1.82, 2.24) is 25.8 Å². The summed E-state index contributed by atoms with van der Waals surface area (Å²) in [6.45, 7) is 3.52. The van der Waals surface area contributed by atoms with Gasteiger partial charge in [0.1, 0.15) is 5.69 Å². The van der Waals surface area contributed by atoms with Crippen molar-refractivity contribution >= 4 is 5.96 Å². The van der Waals surface area contributed by atoms with Gasteiger partial charge in [-0.1, -0.05) is 11.2 Å². The van der Waals surface area contributed by atoms with Crippen LogP contribution in [-0.4, -0.2) is 40.2 Å². The number of pyridine rings is 1. The number of hydrogen-bond donors (Lipinski definition) is 2. The highest BCUT2D eigenvalue weighted by atomic mass is 16.5. The Labute approximate surface area is 129 Å². The van der Waals surface area contributed by atoms with Gasteiger partial charge < -0.3 is 15.2 Å². The van der Waals surface area contributed by atoms with E-state index in [1.54, 1.807) is 6.20 Å². The first-order valence-corrected chi connectivity index (χ1v) is 7.64. The summed E-state index contributed by atoms with van der Waals surface area (Å²) in [6.07, 6.45) is 4.79. The zero-order valence-corrected chi connectivity index (χ0v) is 12.6. The van der Waals surface area contributed by atoms with E-state index in [9.17, 15) is 0 Å². The van der Waals surface area contributed by atoms with Crippen LogP contribution in [0.25, 0.3) is 11.6 Å². The Morgan fingerprint density at radius 3 is 3.05 bits per heavy atom. The highest BCUT2D eigenvalue weighted by molar-refractivity contribution is 5.80. The maximum absolute atomic E-state index is 5.23. The second-order valence-corrected chi connectivity index (χ2v) is 5.16. The van der Waals surface area contributed by atoms with E-state index in [0.717, 1.165) is 12.5 Å². The van der Waals surface area contributed by atoms with E-state index in [2.05, 4.69) is 37.7 Å². The average Bonchev–Trinajstić information content (AvgIpc) is 3.23. The number of aromatic nitrogens is 3. The Kier molecular flexibility index (Phi) is 4.62. The number of hydrogen-bond acceptors (Lipinski definition) is 5. The van der Waals surface area contributed by atoms with E-state index < -0.39 is 0 Å². The van der Waals surface area contributed by atoms with Gasteiger partial charge in [-0.25, -0.2) is 0 Å². The number of nitrogens with one attached hydrogen (secondary N) is 2. The van der Waals surface area contributed by atoms with Crippen LogP contribution in [0.5, 0.6) is 0 Å². The Morgan fingerprint density at radius 2 is 2.32 bits per heavy atom. The molecule has 0 saturated heterocycles. The van der Waals surface area contributed by atoms with Gasteiger partial charge in [-0.3, -0.25) is 9.98 Å². The van der Waals surface area contributed by atoms with E-state index in [0.29, 0.717) is 36.4 Å². The molecule has 0 bridgehead atoms. The van der Waals surface area contributed by atoms with E-state index >= 15 is 0 Å². The Balaban J connectivity index is 1.55. The van der Waals surface area contributed by atoms with Crippen molar-refractivity contribution in [3.63, 3.8) is 0 Å². The maximum Gasteiger partial charge on any atom is 0.276 e. The third-order valence-corrected chi connectivity index (χ3v) is 3.22. The molecular weight excluding hydrogens is 280 g/mol. The molecule has 0 aromatic carbocycles. The zero-order chi connectivity index (χ0) is 15.2. The monoisotopic (exact) mass is 300 g/mol. The standard InChI is InChI=1S/C15H20N6O/c1-2-16-15(19-11-6-7-11)18-10-8-13-20-14(22-21-13)12-5-3-4-9-17-12/h3-5,9,11H,2,6-8,10H2,1H3,(H2,16,18,19). The Hall–Kier alpha value is -2.44. The fraction of sp³-hybridized carbons (Fsp3) is 0.467. The quantitative estimate of drug-likeness (QED) is 0.619. The fourth-order valence-electron chi connectivity index (χ4n) is 1.96. The van der Waals surface area contributed by atoms with Crippen LogP contribution in [0.15, 0.2) is 33.9 Å². The molecule has 1 saturated carbocycles. The predicted octanol–water partition coefficient (Wildman–Crippen LogP) is 1.39. The molecule has 7 nitrogen and oxygen atoms in total. The summed E-state index contributed by atoms with van der Waals surface area (Å²) < 4.78 is 5.23. The van der Waals surface area contributed by atoms with Crippen molar-refractivity contribution in [3.05, 3.63) is 30.2 Å². The molecule has 1 aliphatic carbocycles. The second kappa shape index (κ2) is 7.02. The summed E-state index contributed by atoms with van der Waals surface area (Å²) in [6, 6.07) is 6.17. The molecule has 0 aliphatic heterocycles. The van der Waals surface area contributed by atoms with E-state index in [-0.39, 0.29) is 0 Å². The molecule has 2 aromatic heterocycles. The molecule has 2 heterocycles. The molecule has 1 fully saturated rings. The number of guanidine groups is 1. The van der Waals surface area contributed by atoms with Gasteiger partial charge >= 0.3 is 0 Å². The van der Waals surface area contributed by atoms with Crippen LogP contribution in [0.3, 0.4) is 0 Å². The SMILES string of the molecule is CCNC(=NCCc1noc(-c2ccccn2)n1)NC1CC1. The van der Waals surface area contributed by atoms with Gasteiger partial charge in [-0.2, -0.15) is 4.98 Å². The van der Waals surface area contributed by atoms with Crippen LogP contribution in [0.2, 0.25) is 0 Å². The highest BCUT2D eigenvalue weighted by Gasteiger charge is 2.22. The lowest BCUT2D eigenvalue weighted by Gasteiger charge is -2.09. The molecule has 2 N–H and O–H groups in total. The van der Waals surface area contributed by atoms with Crippen LogP contribution in [0, 0.1) is 0 Å². The van der Waals surface area contributed by atoms with Gasteiger partial charge in [0.15, 0.2) is 11.8 Å². The van der Waals surface area contributed by atoms with Gasteiger partial charge in [0, 0.05) is 31.7 Å². The molecule has 0 radical (unpaired) electrons. The summed E-state index contributed by atoms with van der Waals surface area (Å²) in [7, 11) is 0. The minimum Gasteiger partial charge on any atom is -0.357 e. The molecule has 1 aliphatic rings. The largest absolute Gasteiger partial charge is 0.357 e. The second-order valence-electron chi connectivity index (χ2n) is 5.16. The number of nitrogens with zero attached hydrogens (tertiary/aromatic N) is 4. The molecule has 0 amide bonds. The van der Waals surface area contributed by atoms with Crippen LogP contribution in [0.4, 0.5) is 0 Å². The Bertz CT molecular complexity index is 620. The highest BCUT2D eigenvalue weighted by Crippen LogP contribution is 2.18. The van der Waals surface area contributed by atoms with Crippen LogP contribution >= 0.6 is 0 Å². The van der Waals surface area contributed by atoms with E-state index in [1.165, 1.54) is 12.8 Å². The van der Waals surface area contributed by atoms with Crippen molar-refractivity contribution in [2.45, 2.75) is 32.2 Å². The molecule has 7 heteroatoms. The smallest absolute Gasteiger partial charge is 0.276 e. The molecule has 22 heavy (non-hydrogen) atoms. The van der Waals surface area contributed by atoms with Crippen molar-refractivity contribution in [2.24, 2.45) is 4.99 Å². The summed E-state index contributed by atoms with van der Waals surface area (Å²) in [5.74, 6) is 1.95. The van der Waals surface area contributed by atoms with Gasteiger partial charge in [0.05, 0.1) is 0 Å². The van der Waals surface area contributed by atoms with Gasteiger partial charge in [0.2, 0.25) is 0 Å². The van der Waals surface area contributed by atoms with Crippen LogP contribution in [0.1, 0.15) is 25.6 Å². The van der Waals surface area contributed by atoms with Gasteiger partial charge in [-0.05, 0) is 31.9 Å². The average molecular weight is 300 g/mol. The number of rotatable bonds is 6. The first-order valence-electron chi connectivity index (χ1n) is 7.64. The minimum absolute atomic E-state index is 0.447. The van der Waals surface area contributed by atoms with Crippen LogP contribution in [-0.2, 0) is 6.42 Å². The van der Waals surface area contributed by atoms with Crippen molar-refractivity contribution in [1.29, 1.82) is 0 Å². The zero-order valence-electron chi connectivity index (χ0n) is 12.6. The predicted molar refractivity (Wildman–Crippen MR) is 83.4 cm³/mol. The van der Waals surface area contributed by atoms with Crippen molar-refractivity contribution < 1.29 is 4.52 Å². The molecule has 3 rings (SSSR count). The van der Waals surface area contributed by atoms with E-state index in [4.69, 9.17) is 4.52 Å². The maximum atomic E-state index is 5.23. The third kappa shape index (κ3) is 4.03. The van der Waals surface area contributed by atoms with Crippen molar-refractivity contribution in [2.75, 3.05) is 13.1 Å². The lowest BCUT2D eigenvalue weighted by molar-refractivity contribution is 0.421. The molecule has 0 atom stereocenters. The lowest BCUT2D eigenvalue weighted by atomic mass is 10.3. The first kappa shape index (κ1) is 14.5. The third-order valence-electron chi connectivity index (χ3n) is 3.22. The first-order chi connectivity index (χ1) is 10.8. The topological polar surface area (TPSA) is 88.2 Å². The van der Waals surface area contributed by atoms with Crippen LogP contribution < -0.4 is 10.6 Å². The van der Waals surface area contributed by atoms with Crippen molar-refractivity contribution in [3.8, 4) is 11.6 Å². The minimum atomic E-state index is 0.447. The molecule has 0 unspecified atom stereocenters. The molecule has 0 spiro atoms. The lowest BCUT2D eigenvalue weighted by Crippen LogP contribution is -2.38. The number of aliphatic imine (C=N–C) groups is 1. The molecule has 2 aromatic rings. The molecule has 116 valence electrons. The summed E-state index contributed by atoms with van der Waals surface area (Å²) >= 11 is 0. The van der Waals surface area contributed by atoms with Gasteiger partial charge in [0.25, 0.3) is 5.89 Å². The fourth-order valence-corrected chi connectivity index (χ4v) is 1.96. The summed E-state index contributed by atoms with van der Waals surface area (Å²) in [5, 5.41) is 10.6. The van der Waals surface area contributed by atoms with E-state index in [1.807, 2.05) is 18.2 Å². The van der Waals surface area contributed by atoms with Gasteiger partial charge in [-0.15, -0.1) is 0 Å². The normalized spacial score (nSPS) is 14.9. The summed E-state index contributed by atoms with van der Waals surface area (Å²) in [5.41, 5.74) is 0.688. The summed E-state index contributed by atoms with van der Waals surface area (Å²) in [4.78, 5) is 13.1. The Morgan fingerprint density at radius 1 is 1.41 bits per heavy atom.